The van der Waals surface area contributed by atoms with Crippen LogP contribution in [-0.4, -0.2) is 13.1 Å². The summed E-state index contributed by atoms with van der Waals surface area (Å²) in [5.41, 5.74) is 8.38. The average Bonchev–Trinajstić information content (AvgIpc) is 3.05. The summed E-state index contributed by atoms with van der Waals surface area (Å²) in [6.07, 6.45) is 2.75. The van der Waals surface area contributed by atoms with Gasteiger partial charge < -0.3 is 11.1 Å². The molecule has 1 unspecified atom stereocenters. The van der Waals surface area contributed by atoms with Crippen LogP contribution in [-0.2, 0) is 0 Å². The van der Waals surface area contributed by atoms with Crippen molar-refractivity contribution in [1.82, 2.24) is 5.32 Å². The molecule has 0 aromatic heterocycles. The van der Waals surface area contributed by atoms with E-state index in [1.165, 1.54) is 24.0 Å². The molecule has 0 saturated heterocycles. The number of hydrogen-bond donors (Lipinski definition) is 2. The van der Waals surface area contributed by atoms with E-state index < -0.39 is 0 Å². The molecule has 0 heterocycles. The van der Waals surface area contributed by atoms with Crippen molar-refractivity contribution < 1.29 is 0 Å². The van der Waals surface area contributed by atoms with Crippen molar-refractivity contribution in [2.75, 3.05) is 13.1 Å². The van der Waals surface area contributed by atoms with E-state index in [0.29, 0.717) is 6.54 Å². The Morgan fingerprint density at radius 3 is 2.81 bits per heavy atom. The number of rotatable bonds is 5. The molecule has 1 aliphatic carbocycles. The molecule has 0 spiro atoms. The number of hydrogen-bond acceptors (Lipinski definition) is 2. The fraction of sp³-hybridized carbons (Fsp3) is 0.538. The van der Waals surface area contributed by atoms with E-state index in [1.807, 2.05) is 0 Å². The minimum Gasteiger partial charge on any atom is -0.329 e. The molecule has 1 aromatic rings. The van der Waals surface area contributed by atoms with Crippen LogP contribution in [0.5, 0.6) is 0 Å². The molecule has 0 radical (unpaired) electrons. The predicted octanol–water partition coefficient (Wildman–Crippen LogP) is 2.76. The molecule has 1 atom stereocenters. The molecule has 1 fully saturated rings. The van der Waals surface area contributed by atoms with Crippen LogP contribution in [0.25, 0.3) is 0 Å². The number of nitrogens with one attached hydrogen (secondary N) is 1. The first-order valence-electron chi connectivity index (χ1n) is 5.90. The van der Waals surface area contributed by atoms with Crippen LogP contribution in [0.1, 0.15) is 30.0 Å². The molecule has 2 nitrogen and oxygen atoms in total. The van der Waals surface area contributed by atoms with Gasteiger partial charge in [-0.3, -0.25) is 0 Å². The number of nitrogens with two attached hydrogens (primary N) is 1. The fourth-order valence-electron chi connectivity index (χ4n) is 1.87. The van der Waals surface area contributed by atoms with Crippen molar-refractivity contribution in [2.24, 2.45) is 11.7 Å². The Balaban J connectivity index is 2.05. The predicted molar refractivity (Wildman–Crippen MR) is 71.4 cm³/mol. The smallest absolute Gasteiger partial charge is 0.0455 e. The topological polar surface area (TPSA) is 38.0 Å². The third-order valence-electron chi connectivity index (χ3n) is 3.12. The highest BCUT2D eigenvalue weighted by Gasteiger charge is 2.22. The summed E-state index contributed by atoms with van der Waals surface area (Å²) in [6, 6.07) is 6.73. The Hall–Kier alpha value is -0.380. The van der Waals surface area contributed by atoms with Gasteiger partial charge in [0.15, 0.2) is 0 Å². The molecule has 0 bridgehead atoms. The monoisotopic (exact) mass is 282 g/mol. The molecule has 16 heavy (non-hydrogen) atoms. The largest absolute Gasteiger partial charge is 0.329 e. The molecule has 1 saturated carbocycles. The molecule has 88 valence electrons. The van der Waals surface area contributed by atoms with Gasteiger partial charge in [0, 0.05) is 17.1 Å². The van der Waals surface area contributed by atoms with E-state index in [-0.39, 0.29) is 6.04 Å². The Morgan fingerprint density at radius 2 is 2.25 bits per heavy atom. The van der Waals surface area contributed by atoms with Crippen molar-refractivity contribution in [3.05, 3.63) is 33.8 Å². The van der Waals surface area contributed by atoms with Crippen LogP contribution in [0.15, 0.2) is 22.7 Å². The molecular weight excluding hydrogens is 264 g/mol. The van der Waals surface area contributed by atoms with Crippen molar-refractivity contribution in [3.8, 4) is 0 Å². The van der Waals surface area contributed by atoms with Gasteiger partial charge in [-0.25, -0.2) is 0 Å². The van der Waals surface area contributed by atoms with Gasteiger partial charge in [-0.05, 0) is 49.4 Å². The molecule has 3 N–H and O–H groups in total. The van der Waals surface area contributed by atoms with Gasteiger partial charge in [0.25, 0.3) is 0 Å². The Bertz CT molecular complexity index is 361. The van der Waals surface area contributed by atoms with E-state index in [9.17, 15) is 0 Å². The van der Waals surface area contributed by atoms with E-state index >= 15 is 0 Å². The Kier molecular flexibility index (Phi) is 4.00. The number of aryl methyl sites for hydroxylation is 1. The average molecular weight is 283 g/mol. The molecule has 0 amide bonds. The van der Waals surface area contributed by atoms with Gasteiger partial charge in [0.05, 0.1) is 0 Å². The lowest BCUT2D eigenvalue weighted by Crippen LogP contribution is -2.30. The second-order valence-electron chi connectivity index (χ2n) is 4.66. The summed E-state index contributed by atoms with van der Waals surface area (Å²) in [5, 5.41) is 3.55. The molecule has 0 aliphatic heterocycles. The van der Waals surface area contributed by atoms with Crippen molar-refractivity contribution >= 4 is 15.9 Å². The second-order valence-corrected chi connectivity index (χ2v) is 5.52. The second kappa shape index (κ2) is 5.30. The lowest BCUT2D eigenvalue weighted by Gasteiger charge is -2.19. The van der Waals surface area contributed by atoms with Gasteiger partial charge >= 0.3 is 0 Å². The van der Waals surface area contributed by atoms with E-state index in [1.54, 1.807) is 0 Å². The summed E-state index contributed by atoms with van der Waals surface area (Å²) in [5.74, 6) is 0.887. The quantitative estimate of drug-likeness (QED) is 0.872. The van der Waals surface area contributed by atoms with Gasteiger partial charge in [-0.2, -0.15) is 0 Å². The zero-order valence-electron chi connectivity index (χ0n) is 9.67. The van der Waals surface area contributed by atoms with E-state index in [2.05, 4.69) is 46.4 Å². The number of benzene rings is 1. The Labute approximate surface area is 106 Å². The lowest BCUT2D eigenvalue weighted by molar-refractivity contribution is 0.521. The standard InChI is InChI=1S/C13H19BrN2/c1-9-2-5-11(12(14)6-9)13(7-15)16-8-10-3-4-10/h2,5-6,10,13,16H,3-4,7-8,15H2,1H3. The summed E-state index contributed by atoms with van der Waals surface area (Å²) >= 11 is 3.62. The summed E-state index contributed by atoms with van der Waals surface area (Å²) in [4.78, 5) is 0. The van der Waals surface area contributed by atoms with Gasteiger partial charge in [-0.15, -0.1) is 0 Å². The molecule has 1 aliphatic rings. The SMILES string of the molecule is Cc1ccc(C(CN)NCC2CC2)c(Br)c1. The minimum atomic E-state index is 0.274. The highest BCUT2D eigenvalue weighted by molar-refractivity contribution is 9.10. The molecule has 3 heteroatoms. The lowest BCUT2D eigenvalue weighted by atomic mass is 10.1. The van der Waals surface area contributed by atoms with Crippen molar-refractivity contribution in [2.45, 2.75) is 25.8 Å². The van der Waals surface area contributed by atoms with Crippen molar-refractivity contribution in [3.63, 3.8) is 0 Å². The van der Waals surface area contributed by atoms with E-state index in [0.717, 1.165) is 16.9 Å². The van der Waals surface area contributed by atoms with Crippen LogP contribution >= 0.6 is 15.9 Å². The zero-order valence-corrected chi connectivity index (χ0v) is 11.3. The summed E-state index contributed by atoms with van der Waals surface area (Å²) in [7, 11) is 0. The fourth-order valence-corrected chi connectivity index (χ4v) is 2.64. The molecular formula is C13H19BrN2. The first-order chi connectivity index (χ1) is 7.70. The molecule has 2 rings (SSSR count). The normalized spacial score (nSPS) is 17.4. The maximum absolute atomic E-state index is 5.84. The highest BCUT2D eigenvalue weighted by atomic mass is 79.9. The van der Waals surface area contributed by atoms with Gasteiger partial charge in [0.1, 0.15) is 0 Å². The minimum absolute atomic E-state index is 0.274. The van der Waals surface area contributed by atoms with Crippen LogP contribution in [0.4, 0.5) is 0 Å². The van der Waals surface area contributed by atoms with Gasteiger partial charge in [0.2, 0.25) is 0 Å². The maximum atomic E-state index is 5.84. The van der Waals surface area contributed by atoms with Crippen LogP contribution in [0.3, 0.4) is 0 Å². The third kappa shape index (κ3) is 3.06. The maximum Gasteiger partial charge on any atom is 0.0455 e. The highest BCUT2D eigenvalue weighted by Crippen LogP contribution is 2.29. The van der Waals surface area contributed by atoms with Gasteiger partial charge in [-0.1, -0.05) is 28.1 Å². The van der Waals surface area contributed by atoms with Crippen LogP contribution in [0, 0.1) is 12.8 Å². The zero-order chi connectivity index (χ0) is 11.5. The summed E-state index contributed by atoms with van der Waals surface area (Å²) in [6.45, 7) is 3.85. The van der Waals surface area contributed by atoms with E-state index in [4.69, 9.17) is 5.73 Å². The van der Waals surface area contributed by atoms with Crippen molar-refractivity contribution in [1.29, 1.82) is 0 Å². The number of halogens is 1. The third-order valence-corrected chi connectivity index (χ3v) is 3.80. The first kappa shape index (κ1) is 12.1. The summed E-state index contributed by atoms with van der Waals surface area (Å²) < 4.78 is 1.16. The first-order valence-corrected chi connectivity index (χ1v) is 6.69. The van der Waals surface area contributed by atoms with Crippen LogP contribution in [0.2, 0.25) is 0 Å². The van der Waals surface area contributed by atoms with Crippen LogP contribution < -0.4 is 11.1 Å². The molecule has 1 aromatic carbocycles. The Morgan fingerprint density at radius 1 is 1.50 bits per heavy atom.